The Hall–Kier alpha value is -0.210. The molecular weight excluding hydrogens is 254 g/mol. The molecule has 0 aromatic rings. The lowest BCUT2D eigenvalue weighted by Gasteiger charge is -2.41. The van der Waals surface area contributed by atoms with Gasteiger partial charge in [0, 0.05) is 32.2 Å². The highest BCUT2D eigenvalue weighted by atomic mass is 32.2. The molecule has 18 heavy (non-hydrogen) atoms. The molecule has 0 saturated carbocycles. The van der Waals surface area contributed by atoms with E-state index in [0.717, 1.165) is 12.8 Å². The Balaban J connectivity index is 2.16. The first kappa shape index (κ1) is 14.2. The van der Waals surface area contributed by atoms with Crippen molar-refractivity contribution in [3.8, 4) is 0 Å². The van der Waals surface area contributed by atoms with Crippen molar-refractivity contribution in [3.05, 3.63) is 0 Å². The molecule has 7 heteroatoms. The van der Waals surface area contributed by atoms with Crippen LogP contribution in [0.5, 0.6) is 0 Å². The van der Waals surface area contributed by atoms with Gasteiger partial charge in [-0.15, -0.1) is 0 Å². The average molecular weight is 277 g/mol. The van der Waals surface area contributed by atoms with E-state index in [-0.39, 0.29) is 6.04 Å². The monoisotopic (exact) mass is 277 g/mol. The maximum atomic E-state index is 12.6. The van der Waals surface area contributed by atoms with Gasteiger partial charge in [0.15, 0.2) is 0 Å². The Morgan fingerprint density at radius 3 is 2.56 bits per heavy atom. The summed E-state index contributed by atoms with van der Waals surface area (Å²) in [5, 5.41) is 0. The molecule has 106 valence electrons. The molecule has 0 aliphatic carbocycles. The number of nitrogens with two attached hydrogens (primary N) is 1. The van der Waals surface area contributed by atoms with Gasteiger partial charge in [0.2, 0.25) is 0 Å². The summed E-state index contributed by atoms with van der Waals surface area (Å²) in [6, 6.07) is -0.0633. The smallest absolute Gasteiger partial charge is 0.282 e. The first-order chi connectivity index (χ1) is 8.57. The van der Waals surface area contributed by atoms with Gasteiger partial charge in [-0.05, 0) is 18.8 Å². The fraction of sp³-hybridized carbons (Fsp3) is 1.00. The van der Waals surface area contributed by atoms with Crippen LogP contribution in [-0.4, -0.2) is 62.5 Å². The SMILES string of the molecule is C[C@@H]1CCCN(S(=O)(=O)N2CCOCC2)[C@@H]1CN. The van der Waals surface area contributed by atoms with Crippen LogP contribution in [0.4, 0.5) is 0 Å². The van der Waals surface area contributed by atoms with E-state index in [0.29, 0.717) is 45.3 Å². The van der Waals surface area contributed by atoms with Crippen LogP contribution in [0.1, 0.15) is 19.8 Å². The predicted octanol–water partition coefficient (Wildman–Crippen LogP) is -0.377. The molecule has 0 radical (unpaired) electrons. The van der Waals surface area contributed by atoms with Crippen LogP contribution in [0.15, 0.2) is 0 Å². The van der Waals surface area contributed by atoms with Crippen molar-refractivity contribution >= 4 is 10.2 Å². The van der Waals surface area contributed by atoms with E-state index in [1.165, 1.54) is 4.31 Å². The molecule has 2 rings (SSSR count). The van der Waals surface area contributed by atoms with Gasteiger partial charge in [0.05, 0.1) is 13.2 Å². The first-order valence-corrected chi connectivity index (χ1v) is 8.02. The standard InChI is InChI=1S/C11H23N3O3S/c1-10-3-2-4-14(11(10)9-12)18(15,16)13-5-7-17-8-6-13/h10-11H,2-9,12H2,1H3/t10-,11-/m1/s1. The lowest BCUT2D eigenvalue weighted by molar-refractivity contribution is 0.0668. The summed E-state index contributed by atoms with van der Waals surface area (Å²) < 4.78 is 33.5. The molecule has 0 spiro atoms. The van der Waals surface area contributed by atoms with Gasteiger partial charge in [-0.1, -0.05) is 6.92 Å². The van der Waals surface area contributed by atoms with Crippen molar-refractivity contribution in [3.63, 3.8) is 0 Å². The highest BCUT2D eigenvalue weighted by molar-refractivity contribution is 7.86. The fourth-order valence-corrected chi connectivity index (χ4v) is 4.68. The van der Waals surface area contributed by atoms with Crippen LogP contribution in [0.25, 0.3) is 0 Å². The van der Waals surface area contributed by atoms with Gasteiger partial charge >= 0.3 is 0 Å². The Kier molecular flexibility index (Phi) is 4.60. The number of hydrogen-bond acceptors (Lipinski definition) is 4. The average Bonchev–Trinajstić information content (AvgIpc) is 2.39. The molecule has 2 heterocycles. The number of piperidine rings is 1. The molecule has 2 saturated heterocycles. The number of nitrogens with zero attached hydrogens (tertiary/aromatic N) is 2. The predicted molar refractivity (Wildman–Crippen MR) is 69.3 cm³/mol. The molecule has 2 atom stereocenters. The third-order valence-corrected chi connectivity index (χ3v) is 5.96. The number of morpholine rings is 1. The van der Waals surface area contributed by atoms with Gasteiger partial charge < -0.3 is 10.5 Å². The van der Waals surface area contributed by atoms with Crippen molar-refractivity contribution < 1.29 is 13.2 Å². The van der Waals surface area contributed by atoms with Gasteiger partial charge in [-0.2, -0.15) is 17.0 Å². The van der Waals surface area contributed by atoms with Crippen LogP contribution in [0.3, 0.4) is 0 Å². The fourth-order valence-electron chi connectivity index (χ4n) is 2.77. The maximum Gasteiger partial charge on any atom is 0.282 e. The molecule has 2 aliphatic rings. The lowest BCUT2D eigenvalue weighted by atomic mass is 9.93. The molecule has 6 nitrogen and oxygen atoms in total. The highest BCUT2D eigenvalue weighted by Crippen LogP contribution is 2.26. The Bertz CT molecular complexity index is 368. The zero-order chi connectivity index (χ0) is 13.2. The van der Waals surface area contributed by atoms with E-state index in [2.05, 4.69) is 6.92 Å². The molecular formula is C11H23N3O3S. The quantitative estimate of drug-likeness (QED) is 0.763. The van der Waals surface area contributed by atoms with E-state index in [9.17, 15) is 8.42 Å². The zero-order valence-corrected chi connectivity index (χ0v) is 11.7. The Labute approximate surface area is 109 Å². The summed E-state index contributed by atoms with van der Waals surface area (Å²) in [6.45, 7) is 4.93. The van der Waals surface area contributed by atoms with Gasteiger partial charge in [-0.25, -0.2) is 0 Å². The van der Waals surface area contributed by atoms with Crippen LogP contribution in [0, 0.1) is 5.92 Å². The Morgan fingerprint density at radius 2 is 1.94 bits per heavy atom. The van der Waals surface area contributed by atoms with Crippen LogP contribution in [-0.2, 0) is 14.9 Å². The topological polar surface area (TPSA) is 75.9 Å². The summed E-state index contributed by atoms with van der Waals surface area (Å²) in [6.07, 6.45) is 1.97. The molecule has 2 N–H and O–H groups in total. The van der Waals surface area contributed by atoms with E-state index >= 15 is 0 Å². The van der Waals surface area contributed by atoms with Gasteiger partial charge in [0.25, 0.3) is 10.2 Å². The lowest BCUT2D eigenvalue weighted by Crippen LogP contribution is -2.57. The van der Waals surface area contributed by atoms with E-state index in [1.807, 2.05) is 0 Å². The van der Waals surface area contributed by atoms with Crippen molar-refractivity contribution in [2.75, 3.05) is 39.4 Å². The second-order valence-corrected chi connectivity index (χ2v) is 6.93. The minimum atomic E-state index is -3.37. The van der Waals surface area contributed by atoms with Crippen molar-refractivity contribution in [2.24, 2.45) is 11.7 Å². The van der Waals surface area contributed by atoms with E-state index < -0.39 is 10.2 Å². The first-order valence-electron chi connectivity index (χ1n) is 6.62. The van der Waals surface area contributed by atoms with Crippen LogP contribution in [0.2, 0.25) is 0 Å². The molecule has 0 aromatic heterocycles. The van der Waals surface area contributed by atoms with Gasteiger partial charge in [0.1, 0.15) is 0 Å². The summed E-state index contributed by atoms with van der Waals surface area (Å²) in [5.74, 6) is 0.333. The van der Waals surface area contributed by atoms with E-state index in [1.54, 1.807) is 4.31 Å². The van der Waals surface area contributed by atoms with E-state index in [4.69, 9.17) is 10.5 Å². The summed E-state index contributed by atoms with van der Waals surface area (Å²) in [7, 11) is -3.37. The minimum Gasteiger partial charge on any atom is -0.379 e. The van der Waals surface area contributed by atoms with Crippen molar-refractivity contribution in [1.29, 1.82) is 0 Å². The largest absolute Gasteiger partial charge is 0.379 e. The third kappa shape index (κ3) is 2.70. The van der Waals surface area contributed by atoms with Crippen LogP contribution >= 0.6 is 0 Å². The molecule has 2 fully saturated rings. The minimum absolute atomic E-state index is 0.0633. The van der Waals surface area contributed by atoms with Crippen LogP contribution < -0.4 is 5.73 Å². The molecule has 2 aliphatic heterocycles. The molecule has 0 aromatic carbocycles. The van der Waals surface area contributed by atoms with Crippen molar-refractivity contribution in [1.82, 2.24) is 8.61 Å². The normalized spacial score (nSPS) is 32.6. The maximum absolute atomic E-state index is 12.6. The Morgan fingerprint density at radius 1 is 1.28 bits per heavy atom. The molecule has 0 amide bonds. The third-order valence-electron chi connectivity index (χ3n) is 3.90. The second-order valence-electron chi connectivity index (χ2n) is 5.05. The summed E-state index contributed by atoms with van der Waals surface area (Å²) in [5.41, 5.74) is 5.76. The zero-order valence-electron chi connectivity index (χ0n) is 10.9. The van der Waals surface area contributed by atoms with Crippen molar-refractivity contribution in [2.45, 2.75) is 25.8 Å². The summed E-state index contributed by atoms with van der Waals surface area (Å²) >= 11 is 0. The summed E-state index contributed by atoms with van der Waals surface area (Å²) in [4.78, 5) is 0. The number of rotatable bonds is 3. The molecule has 0 bridgehead atoms. The highest BCUT2D eigenvalue weighted by Gasteiger charge is 2.39. The number of ether oxygens (including phenoxy) is 1. The van der Waals surface area contributed by atoms with Gasteiger partial charge in [-0.3, -0.25) is 0 Å². The number of hydrogen-bond donors (Lipinski definition) is 1. The molecule has 0 unspecified atom stereocenters. The second kappa shape index (κ2) is 5.83.